The van der Waals surface area contributed by atoms with Crippen LogP contribution in [-0.4, -0.2) is 67.0 Å². The van der Waals surface area contributed by atoms with Crippen LogP contribution in [0.5, 0.6) is 0 Å². The van der Waals surface area contributed by atoms with Gasteiger partial charge in [-0.15, -0.1) is 0 Å². The fraction of sp³-hybridized carbons (Fsp3) is 0.625. The van der Waals surface area contributed by atoms with Gasteiger partial charge >= 0.3 is 0 Å². The topological polar surface area (TPSA) is 97.6 Å². The largest absolute Gasteiger partial charge is 0.351 e. The first kappa shape index (κ1) is 21.1. The first-order valence-electron chi connectivity index (χ1n) is 12.0. The Morgan fingerprint density at radius 2 is 1.91 bits per heavy atom. The molecule has 0 bridgehead atoms. The van der Waals surface area contributed by atoms with Crippen molar-refractivity contribution in [2.45, 2.75) is 57.0 Å². The number of sulfonamides is 1. The van der Waals surface area contributed by atoms with Crippen molar-refractivity contribution < 1.29 is 13.2 Å². The number of nitriles is 1. The van der Waals surface area contributed by atoms with Crippen molar-refractivity contribution in [3.63, 3.8) is 0 Å². The van der Waals surface area contributed by atoms with Crippen LogP contribution >= 0.6 is 0 Å². The Balaban J connectivity index is 1.36. The highest BCUT2D eigenvalue weighted by Crippen LogP contribution is 2.45. The molecule has 0 spiro atoms. The van der Waals surface area contributed by atoms with Crippen LogP contribution in [0.4, 0.5) is 5.82 Å². The maximum absolute atomic E-state index is 12.9. The molecule has 1 amide bonds. The van der Waals surface area contributed by atoms with Gasteiger partial charge in [0.25, 0.3) is 0 Å². The zero-order valence-electron chi connectivity index (χ0n) is 19.0. The van der Waals surface area contributed by atoms with Crippen molar-refractivity contribution in [1.29, 1.82) is 5.26 Å². The van der Waals surface area contributed by atoms with E-state index < -0.39 is 10.0 Å². The molecule has 0 radical (unpaired) electrons. The summed E-state index contributed by atoms with van der Waals surface area (Å²) in [5.74, 6) is 1.57. The molecule has 3 fully saturated rings. The van der Waals surface area contributed by atoms with E-state index in [1.807, 2.05) is 0 Å². The SMILES string of the molecule is CS(=O)(=O)N1CCc2c(C#N)c(N3CCN(C(=O)C4CC4)[C@H](C4=CC4)C3)nc(C3CC3)c2C1. The number of pyridine rings is 1. The summed E-state index contributed by atoms with van der Waals surface area (Å²) in [5.41, 5.74) is 4.80. The average molecular weight is 468 g/mol. The van der Waals surface area contributed by atoms with E-state index in [2.05, 4.69) is 21.9 Å². The van der Waals surface area contributed by atoms with Gasteiger partial charge in [0.1, 0.15) is 11.9 Å². The van der Waals surface area contributed by atoms with Gasteiger partial charge in [0, 0.05) is 44.6 Å². The molecular weight excluding hydrogens is 438 g/mol. The lowest BCUT2D eigenvalue weighted by Crippen LogP contribution is -2.56. The van der Waals surface area contributed by atoms with Gasteiger partial charge in [-0.1, -0.05) is 6.08 Å². The Bertz CT molecular complexity index is 1210. The van der Waals surface area contributed by atoms with Gasteiger partial charge < -0.3 is 9.80 Å². The predicted octanol–water partition coefficient (Wildman–Crippen LogP) is 1.91. The van der Waals surface area contributed by atoms with Gasteiger partial charge in [0.15, 0.2) is 0 Å². The first-order chi connectivity index (χ1) is 15.8. The van der Waals surface area contributed by atoms with Crippen molar-refractivity contribution >= 4 is 21.7 Å². The number of piperazine rings is 1. The minimum atomic E-state index is -3.30. The van der Waals surface area contributed by atoms with Crippen molar-refractivity contribution in [2.24, 2.45) is 5.92 Å². The maximum atomic E-state index is 12.9. The van der Waals surface area contributed by atoms with E-state index in [4.69, 9.17) is 4.98 Å². The Morgan fingerprint density at radius 1 is 1.15 bits per heavy atom. The second kappa shape index (κ2) is 7.54. The van der Waals surface area contributed by atoms with Crippen LogP contribution in [0.3, 0.4) is 0 Å². The molecule has 0 N–H and O–H groups in total. The van der Waals surface area contributed by atoms with E-state index in [0.717, 1.165) is 54.7 Å². The fourth-order valence-corrected chi connectivity index (χ4v) is 6.18. The molecule has 8 nitrogen and oxygen atoms in total. The van der Waals surface area contributed by atoms with Gasteiger partial charge in [-0.25, -0.2) is 13.4 Å². The summed E-state index contributed by atoms with van der Waals surface area (Å²) in [7, 11) is -3.30. The molecule has 3 aliphatic carbocycles. The number of amides is 1. The zero-order chi connectivity index (χ0) is 22.9. The Morgan fingerprint density at radius 3 is 2.52 bits per heavy atom. The standard InChI is InChI=1S/C24H29N5O3S/c1-33(31,32)28-9-8-18-19(12-25)23(26-22(16-4-5-16)20(18)13-28)27-10-11-29(24(30)17-6-7-17)21(14-27)15-2-3-15/h2,16-17,21H,3-11,13-14H2,1H3/t21-/m0/s1. The molecule has 2 saturated carbocycles. The number of nitrogens with zero attached hydrogens (tertiary/aromatic N) is 5. The maximum Gasteiger partial charge on any atom is 0.226 e. The normalized spacial score (nSPS) is 25.3. The summed E-state index contributed by atoms with van der Waals surface area (Å²) in [4.78, 5) is 22.2. The molecule has 9 heteroatoms. The molecule has 5 aliphatic rings. The molecule has 0 aromatic carbocycles. The lowest BCUT2D eigenvalue weighted by molar-refractivity contribution is -0.134. The number of allylic oxidation sites excluding steroid dienone is 1. The Labute approximate surface area is 194 Å². The van der Waals surface area contributed by atoms with Gasteiger partial charge in [-0.2, -0.15) is 9.57 Å². The molecule has 1 aromatic rings. The third-order valence-corrected chi connectivity index (χ3v) is 8.92. The lowest BCUT2D eigenvalue weighted by Gasteiger charge is -2.42. The minimum Gasteiger partial charge on any atom is -0.351 e. The van der Waals surface area contributed by atoms with Gasteiger partial charge in [-0.05, 0) is 55.2 Å². The molecule has 2 aliphatic heterocycles. The summed E-state index contributed by atoms with van der Waals surface area (Å²) >= 11 is 0. The third kappa shape index (κ3) is 3.83. The molecule has 1 atom stereocenters. The number of hydrogen-bond donors (Lipinski definition) is 0. The summed E-state index contributed by atoms with van der Waals surface area (Å²) in [6.07, 6.45) is 9.07. The zero-order valence-corrected chi connectivity index (χ0v) is 19.8. The fourth-order valence-electron chi connectivity index (χ4n) is 5.40. The van der Waals surface area contributed by atoms with E-state index >= 15 is 0 Å². The molecule has 3 heterocycles. The van der Waals surface area contributed by atoms with E-state index in [1.165, 1.54) is 16.1 Å². The highest BCUT2D eigenvalue weighted by Gasteiger charge is 2.42. The molecule has 174 valence electrons. The number of aromatic nitrogens is 1. The molecule has 1 aromatic heterocycles. The highest BCUT2D eigenvalue weighted by atomic mass is 32.2. The van der Waals surface area contributed by atoms with Crippen LogP contribution in [0, 0.1) is 17.2 Å². The number of rotatable bonds is 5. The van der Waals surface area contributed by atoms with Gasteiger partial charge in [-0.3, -0.25) is 4.79 Å². The van der Waals surface area contributed by atoms with Crippen LogP contribution in [-0.2, 0) is 27.8 Å². The average Bonchev–Trinajstić information content (AvgIpc) is 3.65. The molecule has 33 heavy (non-hydrogen) atoms. The van der Waals surface area contributed by atoms with Crippen LogP contribution in [0.25, 0.3) is 0 Å². The molecule has 1 saturated heterocycles. The Hall–Kier alpha value is -2.44. The van der Waals surface area contributed by atoms with E-state index in [9.17, 15) is 18.5 Å². The molecule has 6 rings (SSSR count). The second-order valence-electron chi connectivity index (χ2n) is 10.1. The van der Waals surface area contributed by atoms with E-state index in [1.54, 1.807) is 0 Å². The monoisotopic (exact) mass is 467 g/mol. The quantitative estimate of drug-likeness (QED) is 0.614. The Kier molecular flexibility index (Phi) is 4.82. The number of carbonyl (C=O) groups excluding carboxylic acids is 1. The molecular formula is C24H29N5O3S. The number of fused-ring (bicyclic) bond motifs is 1. The lowest BCUT2D eigenvalue weighted by atomic mass is 9.93. The van der Waals surface area contributed by atoms with Crippen LogP contribution in [0.1, 0.15) is 60.4 Å². The van der Waals surface area contributed by atoms with Crippen molar-refractivity contribution in [2.75, 3.05) is 37.3 Å². The molecule has 0 unspecified atom stereocenters. The van der Waals surface area contributed by atoms with E-state index in [0.29, 0.717) is 50.6 Å². The van der Waals surface area contributed by atoms with Crippen molar-refractivity contribution in [3.05, 3.63) is 34.0 Å². The van der Waals surface area contributed by atoms with Gasteiger partial charge in [0.2, 0.25) is 15.9 Å². The van der Waals surface area contributed by atoms with Crippen LogP contribution in [0.15, 0.2) is 11.6 Å². The van der Waals surface area contributed by atoms with Crippen molar-refractivity contribution in [3.8, 4) is 6.07 Å². The van der Waals surface area contributed by atoms with Crippen LogP contribution < -0.4 is 4.90 Å². The van der Waals surface area contributed by atoms with Gasteiger partial charge in [0.05, 0.1) is 23.6 Å². The summed E-state index contributed by atoms with van der Waals surface area (Å²) in [6, 6.07) is 2.49. The second-order valence-corrected chi connectivity index (χ2v) is 12.1. The highest BCUT2D eigenvalue weighted by molar-refractivity contribution is 7.88. The summed E-state index contributed by atoms with van der Waals surface area (Å²) < 4.78 is 25.9. The smallest absolute Gasteiger partial charge is 0.226 e. The predicted molar refractivity (Wildman–Crippen MR) is 123 cm³/mol. The van der Waals surface area contributed by atoms with Crippen LogP contribution in [0.2, 0.25) is 0 Å². The third-order valence-electron chi connectivity index (χ3n) is 7.67. The number of anilines is 1. The first-order valence-corrected chi connectivity index (χ1v) is 13.8. The van der Waals surface area contributed by atoms with E-state index in [-0.39, 0.29) is 17.9 Å². The number of hydrogen-bond acceptors (Lipinski definition) is 6. The summed E-state index contributed by atoms with van der Waals surface area (Å²) in [6.45, 7) is 2.70. The number of carbonyl (C=O) groups is 1. The minimum absolute atomic E-state index is 0.0707. The van der Waals surface area contributed by atoms with Crippen molar-refractivity contribution in [1.82, 2.24) is 14.2 Å². The summed E-state index contributed by atoms with van der Waals surface area (Å²) in [5, 5.41) is 10.2.